The van der Waals surface area contributed by atoms with Crippen LogP contribution in [0.4, 0.5) is 5.69 Å². The topological polar surface area (TPSA) is 52.0 Å². The molecule has 0 saturated carbocycles. The average Bonchev–Trinajstić information content (AvgIpc) is 2.51. The molecule has 1 saturated heterocycles. The van der Waals surface area contributed by atoms with Crippen molar-refractivity contribution in [1.29, 1.82) is 5.26 Å². The maximum atomic E-state index is 9.36. The zero-order valence-electron chi connectivity index (χ0n) is 12.5. The maximum absolute atomic E-state index is 9.36. The minimum absolute atomic E-state index is 0.411. The summed E-state index contributed by atoms with van der Waals surface area (Å²) in [7, 11) is 2.17. The van der Waals surface area contributed by atoms with Crippen LogP contribution in [0.25, 0.3) is 10.9 Å². The second-order valence-corrected chi connectivity index (χ2v) is 5.87. The number of anilines is 1. The summed E-state index contributed by atoms with van der Waals surface area (Å²) in [4.78, 5) is 6.74. The molecule has 0 spiro atoms. The Balaban J connectivity index is 1.94. The van der Waals surface area contributed by atoms with Crippen LogP contribution in [0, 0.1) is 11.3 Å². The number of piperidine rings is 1. The molecular weight excluding hydrogens is 260 g/mol. The Labute approximate surface area is 125 Å². The van der Waals surface area contributed by atoms with Gasteiger partial charge in [0, 0.05) is 30.2 Å². The van der Waals surface area contributed by atoms with E-state index in [1.807, 2.05) is 24.3 Å². The quantitative estimate of drug-likeness (QED) is 0.918. The SMILES string of the molecule is CC1CC(Nc2c(C#N)cnc3ccccc23)CCN1C. The molecule has 0 radical (unpaired) electrons. The van der Waals surface area contributed by atoms with Crippen molar-refractivity contribution in [2.45, 2.75) is 31.8 Å². The van der Waals surface area contributed by atoms with E-state index in [1.54, 1.807) is 6.20 Å². The summed E-state index contributed by atoms with van der Waals surface area (Å²) in [6, 6.07) is 11.2. The molecule has 1 aliphatic heterocycles. The van der Waals surface area contributed by atoms with Gasteiger partial charge in [-0.2, -0.15) is 5.26 Å². The number of nitriles is 1. The van der Waals surface area contributed by atoms with Gasteiger partial charge in [-0.15, -0.1) is 0 Å². The van der Waals surface area contributed by atoms with Gasteiger partial charge in [0.1, 0.15) is 6.07 Å². The molecule has 2 atom stereocenters. The molecule has 0 amide bonds. The van der Waals surface area contributed by atoms with Crippen molar-refractivity contribution in [2.24, 2.45) is 0 Å². The third kappa shape index (κ3) is 2.70. The molecule has 1 aromatic carbocycles. The van der Waals surface area contributed by atoms with E-state index in [4.69, 9.17) is 0 Å². The molecule has 0 aliphatic carbocycles. The van der Waals surface area contributed by atoms with E-state index in [9.17, 15) is 5.26 Å². The third-order valence-corrected chi connectivity index (χ3v) is 4.45. The lowest BCUT2D eigenvalue weighted by Crippen LogP contribution is -2.42. The Morgan fingerprint density at radius 1 is 1.38 bits per heavy atom. The highest BCUT2D eigenvalue weighted by atomic mass is 15.1. The van der Waals surface area contributed by atoms with Crippen LogP contribution in [0.3, 0.4) is 0 Å². The van der Waals surface area contributed by atoms with Crippen molar-refractivity contribution in [3.63, 3.8) is 0 Å². The van der Waals surface area contributed by atoms with Crippen LogP contribution in [-0.2, 0) is 0 Å². The van der Waals surface area contributed by atoms with E-state index in [0.29, 0.717) is 17.6 Å². The number of fused-ring (bicyclic) bond motifs is 1. The van der Waals surface area contributed by atoms with Crippen LogP contribution in [0.2, 0.25) is 0 Å². The largest absolute Gasteiger partial charge is 0.381 e. The molecule has 1 aliphatic rings. The highest BCUT2D eigenvalue weighted by Crippen LogP contribution is 2.28. The highest BCUT2D eigenvalue weighted by Gasteiger charge is 2.23. The monoisotopic (exact) mass is 280 g/mol. The molecular formula is C17H20N4. The van der Waals surface area contributed by atoms with Crippen molar-refractivity contribution >= 4 is 16.6 Å². The van der Waals surface area contributed by atoms with Gasteiger partial charge in [-0.1, -0.05) is 18.2 Å². The predicted octanol–water partition coefficient (Wildman–Crippen LogP) is 3.00. The first kappa shape index (κ1) is 13.8. The number of nitrogens with one attached hydrogen (secondary N) is 1. The molecule has 2 heterocycles. The minimum Gasteiger partial charge on any atom is -0.381 e. The second kappa shape index (κ2) is 5.71. The van der Waals surface area contributed by atoms with E-state index in [0.717, 1.165) is 36.0 Å². The first-order valence-corrected chi connectivity index (χ1v) is 7.43. The van der Waals surface area contributed by atoms with Crippen LogP contribution in [0.5, 0.6) is 0 Å². The molecule has 3 rings (SSSR count). The zero-order valence-corrected chi connectivity index (χ0v) is 12.5. The van der Waals surface area contributed by atoms with Gasteiger partial charge in [0.05, 0.1) is 16.8 Å². The summed E-state index contributed by atoms with van der Waals surface area (Å²) in [5, 5.41) is 14.0. The predicted molar refractivity (Wildman–Crippen MR) is 85.2 cm³/mol. The Kier molecular flexibility index (Phi) is 3.76. The number of hydrogen-bond acceptors (Lipinski definition) is 4. The molecule has 0 bridgehead atoms. The van der Waals surface area contributed by atoms with Gasteiger partial charge in [-0.25, -0.2) is 0 Å². The fourth-order valence-corrected chi connectivity index (χ4v) is 3.01. The Bertz CT molecular complexity index is 689. The minimum atomic E-state index is 0.411. The Morgan fingerprint density at radius 2 is 2.19 bits per heavy atom. The van der Waals surface area contributed by atoms with Gasteiger partial charge in [0.2, 0.25) is 0 Å². The number of aromatic nitrogens is 1. The van der Waals surface area contributed by atoms with Crippen LogP contribution in [0.15, 0.2) is 30.5 Å². The van der Waals surface area contributed by atoms with E-state index < -0.39 is 0 Å². The molecule has 108 valence electrons. The molecule has 1 fully saturated rings. The summed E-state index contributed by atoms with van der Waals surface area (Å²) in [5.74, 6) is 0. The first-order valence-electron chi connectivity index (χ1n) is 7.43. The number of nitrogens with zero attached hydrogens (tertiary/aromatic N) is 3. The van der Waals surface area contributed by atoms with E-state index >= 15 is 0 Å². The summed E-state index contributed by atoms with van der Waals surface area (Å²) in [5.41, 5.74) is 2.49. The van der Waals surface area contributed by atoms with E-state index in [2.05, 4.69) is 35.2 Å². The number of benzene rings is 1. The molecule has 21 heavy (non-hydrogen) atoms. The van der Waals surface area contributed by atoms with Gasteiger partial charge < -0.3 is 10.2 Å². The number of likely N-dealkylation sites (tertiary alicyclic amines) is 1. The smallest absolute Gasteiger partial charge is 0.103 e. The van der Waals surface area contributed by atoms with Crippen LogP contribution >= 0.6 is 0 Å². The lowest BCUT2D eigenvalue weighted by molar-refractivity contribution is 0.190. The van der Waals surface area contributed by atoms with Gasteiger partial charge >= 0.3 is 0 Å². The lowest BCUT2D eigenvalue weighted by atomic mass is 9.98. The Hall–Kier alpha value is -2.12. The summed E-state index contributed by atoms with van der Waals surface area (Å²) < 4.78 is 0. The van der Waals surface area contributed by atoms with Gasteiger partial charge in [0.15, 0.2) is 0 Å². The fourth-order valence-electron chi connectivity index (χ4n) is 3.01. The van der Waals surface area contributed by atoms with Crippen molar-refractivity contribution in [3.8, 4) is 6.07 Å². The fraction of sp³-hybridized carbons (Fsp3) is 0.412. The molecule has 2 aromatic rings. The van der Waals surface area contributed by atoms with Crippen molar-refractivity contribution < 1.29 is 0 Å². The molecule has 1 aromatic heterocycles. The molecule has 4 nitrogen and oxygen atoms in total. The van der Waals surface area contributed by atoms with Crippen molar-refractivity contribution in [2.75, 3.05) is 18.9 Å². The average molecular weight is 280 g/mol. The maximum Gasteiger partial charge on any atom is 0.103 e. The van der Waals surface area contributed by atoms with Gasteiger partial charge in [0.25, 0.3) is 0 Å². The molecule has 4 heteroatoms. The van der Waals surface area contributed by atoms with Crippen molar-refractivity contribution in [3.05, 3.63) is 36.0 Å². The lowest BCUT2D eigenvalue weighted by Gasteiger charge is -2.36. The second-order valence-electron chi connectivity index (χ2n) is 5.87. The zero-order chi connectivity index (χ0) is 14.8. The van der Waals surface area contributed by atoms with E-state index in [-0.39, 0.29) is 0 Å². The van der Waals surface area contributed by atoms with Crippen molar-refractivity contribution in [1.82, 2.24) is 9.88 Å². The normalized spacial score (nSPS) is 22.9. The van der Waals surface area contributed by atoms with E-state index in [1.165, 1.54) is 0 Å². The number of hydrogen-bond donors (Lipinski definition) is 1. The highest BCUT2D eigenvalue weighted by molar-refractivity contribution is 5.93. The van der Waals surface area contributed by atoms with Crippen LogP contribution < -0.4 is 5.32 Å². The Morgan fingerprint density at radius 3 is 2.95 bits per heavy atom. The van der Waals surface area contributed by atoms with Gasteiger partial charge in [-0.3, -0.25) is 4.98 Å². The summed E-state index contributed by atoms with van der Waals surface area (Å²) in [6.07, 6.45) is 3.86. The van der Waals surface area contributed by atoms with Crippen LogP contribution in [-0.4, -0.2) is 35.6 Å². The first-order chi connectivity index (χ1) is 10.2. The number of pyridine rings is 1. The summed E-state index contributed by atoms with van der Waals surface area (Å²) in [6.45, 7) is 3.34. The third-order valence-electron chi connectivity index (χ3n) is 4.45. The van der Waals surface area contributed by atoms with Gasteiger partial charge in [-0.05, 0) is 32.9 Å². The molecule has 2 unspecified atom stereocenters. The van der Waals surface area contributed by atoms with Crippen LogP contribution in [0.1, 0.15) is 25.3 Å². The molecule has 1 N–H and O–H groups in total. The standard InChI is InChI=1S/C17H20N4/c1-12-9-14(7-8-21(12)2)20-17-13(10-18)11-19-16-6-4-3-5-15(16)17/h3-6,11-12,14H,7-9H2,1-2H3,(H,19,20). The summed E-state index contributed by atoms with van der Waals surface area (Å²) >= 11 is 0. The number of rotatable bonds is 2. The number of para-hydroxylation sites is 1.